The molecule has 1 aromatic carbocycles. The second-order valence-corrected chi connectivity index (χ2v) is 9.53. The van der Waals surface area contributed by atoms with E-state index in [4.69, 9.17) is 21.9 Å². The van der Waals surface area contributed by atoms with Crippen LogP contribution in [0.25, 0.3) is 0 Å². The highest BCUT2D eigenvalue weighted by molar-refractivity contribution is 8.43. The largest absolute Gasteiger partial charge is 0.259 e. The van der Waals surface area contributed by atoms with E-state index in [1.165, 1.54) is 21.6 Å². The zero-order valence-corrected chi connectivity index (χ0v) is 16.9. The van der Waals surface area contributed by atoms with Crippen LogP contribution >= 0.6 is 58.6 Å². The SMILES string of the molecule is CCC1(CC)N=C(SCSC#N)S/C1=C/Sc1ccc(Cl)cc1. The van der Waals surface area contributed by atoms with Gasteiger partial charge in [0.2, 0.25) is 0 Å². The Morgan fingerprint density at radius 2 is 2.00 bits per heavy atom. The summed E-state index contributed by atoms with van der Waals surface area (Å²) in [7, 11) is 0. The molecule has 0 saturated heterocycles. The summed E-state index contributed by atoms with van der Waals surface area (Å²) in [4.78, 5) is 7.42. The third-order valence-corrected chi connectivity index (χ3v) is 7.85. The molecule has 1 aliphatic rings. The maximum absolute atomic E-state index is 8.65. The summed E-state index contributed by atoms with van der Waals surface area (Å²) in [6, 6.07) is 7.88. The highest BCUT2D eigenvalue weighted by Gasteiger charge is 2.37. The molecule has 0 bridgehead atoms. The van der Waals surface area contributed by atoms with Crippen LogP contribution < -0.4 is 0 Å². The van der Waals surface area contributed by atoms with Crippen LogP contribution in [0.3, 0.4) is 0 Å². The van der Waals surface area contributed by atoms with E-state index in [0.29, 0.717) is 0 Å². The van der Waals surface area contributed by atoms with Gasteiger partial charge in [-0.3, -0.25) is 4.99 Å². The van der Waals surface area contributed by atoms with Crippen molar-refractivity contribution in [1.82, 2.24) is 0 Å². The fourth-order valence-corrected chi connectivity index (χ4v) is 6.31. The molecule has 0 spiro atoms. The van der Waals surface area contributed by atoms with E-state index >= 15 is 0 Å². The predicted molar refractivity (Wildman–Crippen MR) is 109 cm³/mol. The Morgan fingerprint density at radius 1 is 1.30 bits per heavy atom. The van der Waals surface area contributed by atoms with Crippen LogP contribution in [0.4, 0.5) is 0 Å². The van der Waals surface area contributed by atoms with Crippen LogP contribution in [-0.2, 0) is 0 Å². The van der Waals surface area contributed by atoms with E-state index in [9.17, 15) is 0 Å². The van der Waals surface area contributed by atoms with Gasteiger partial charge in [0.15, 0.2) is 0 Å². The lowest BCUT2D eigenvalue weighted by Crippen LogP contribution is -2.22. The Kier molecular flexibility index (Phi) is 7.77. The van der Waals surface area contributed by atoms with Crippen molar-refractivity contribution in [3.8, 4) is 5.40 Å². The quantitative estimate of drug-likeness (QED) is 0.226. The van der Waals surface area contributed by atoms with Gasteiger partial charge in [0.05, 0.1) is 10.6 Å². The minimum atomic E-state index is -0.107. The molecule has 0 amide bonds. The summed E-state index contributed by atoms with van der Waals surface area (Å²) < 4.78 is 1.07. The van der Waals surface area contributed by atoms with Crippen LogP contribution in [0, 0.1) is 10.7 Å². The molecular weight excluding hydrogens is 384 g/mol. The highest BCUT2D eigenvalue weighted by atomic mass is 35.5. The number of aliphatic imine (C=N–C) groups is 1. The summed E-state index contributed by atoms with van der Waals surface area (Å²) in [5.41, 5.74) is -0.107. The summed E-state index contributed by atoms with van der Waals surface area (Å²) in [6.45, 7) is 4.37. The summed E-state index contributed by atoms with van der Waals surface area (Å²) in [6.07, 6.45) is 1.97. The van der Waals surface area contributed by atoms with Gasteiger partial charge in [-0.05, 0) is 54.3 Å². The van der Waals surface area contributed by atoms with E-state index in [1.54, 1.807) is 35.3 Å². The first-order chi connectivity index (χ1) is 11.1. The third kappa shape index (κ3) is 5.14. The number of nitriles is 1. The monoisotopic (exact) mass is 400 g/mol. The maximum Gasteiger partial charge on any atom is 0.134 e. The van der Waals surface area contributed by atoms with E-state index in [-0.39, 0.29) is 5.54 Å². The zero-order valence-electron chi connectivity index (χ0n) is 12.9. The molecule has 0 saturated carbocycles. The number of rotatable bonds is 6. The topological polar surface area (TPSA) is 36.1 Å². The van der Waals surface area contributed by atoms with Crippen molar-refractivity contribution >= 4 is 63.0 Å². The minimum Gasteiger partial charge on any atom is -0.259 e. The van der Waals surface area contributed by atoms with E-state index in [1.807, 2.05) is 24.3 Å². The molecule has 1 aromatic rings. The normalized spacial score (nSPS) is 18.0. The second kappa shape index (κ2) is 9.33. The molecule has 122 valence electrons. The molecule has 0 fully saturated rings. The number of thiocyanates is 1. The Labute approximate surface area is 159 Å². The Hall–Kier alpha value is -0.190. The minimum absolute atomic E-state index is 0.107. The number of thioether (sulfide) groups is 4. The number of benzene rings is 1. The molecule has 2 rings (SSSR count). The predicted octanol–water partition coefficient (Wildman–Crippen LogP) is 6.84. The molecule has 0 N–H and O–H groups in total. The lowest BCUT2D eigenvalue weighted by atomic mass is 9.94. The molecule has 0 aromatic heterocycles. The smallest absolute Gasteiger partial charge is 0.134 e. The van der Waals surface area contributed by atoms with Gasteiger partial charge in [-0.15, -0.1) is 0 Å². The van der Waals surface area contributed by atoms with Gasteiger partial charge in [0.1, 0.15) is 9.78 Å². The highest BCUT2D eigenvalue weighted by Crippen LogP contribution is 2.48. The van der Waals surface area contributed by atoms with Crippen molar-refractivity contribution in [2.75, 3.05) is 5.08 Å². The molecule has 0 radical (unpaired) electrons. The number of halogens is 1. The van der Waals surface area contributed by atoms with Crippen LogP contribution in [0.2, 0.25) is 5.02 Å². The van der Waals surface area contributed by atoms with Gasteiger partial charge >= 0.3 is 0 Å². The standard InChI is InChI=1S/C16H17ClN2S4/c1-3-16(4-2)14(23-15(19-16)22-11-20-10-18)9-21-13-7-5-12(17)6-8-13/h5-9H,3-4,11H2,1-2H3/b14-9+. The third-order valence-electron chi connectivity index (χ3n) is 3.55. The Bertz CT molecular complexity index is 630. The van der Waals surface area contributed by atoms with E-state index in [0.717, 1.165) is 27.3 Å². The lowest BCUT2D eigenvalue weighted by molar-refractivity contribution is 0.496. The molecule has 23 heavy (non-hydrogen) atoms. The van der Waals surface area contributed by atoms with Crippen LogP contribution in [0.5, 0.6) is 0 Å². The second-order valence-electron chi connectivity index (χ2n) is 4.77. The molecule has 1 heterocycles. The number of nitrogens with zero attached hydrogens (tertiary/aromatic N) is 2. The molecule has 0 atom stereocenters. The average molecular weight is 401 g/mol. The summed E-state index contributed by atoms with van der Waals surface area (Å²) >= 11 is 12.3. The van der Waals surface area contributed by atoms with Gasteiger partial charge in [0.25, 0.3) is 0 Å². The summed E-state index contributed by atoms with van der Waals surface area (Å²) in [5.74, 6) is 0. The van der Waals surface area contributed by atoms with Crippen LogP contribution in [-0.4, -0.2) is 15.0 Å². The van der Waals surface area contributed by atoms with Crippen molar-refractivity contribution in [3.05, 3.63) is 39.6 Å². The van der Waals surface area contributed by atoms with Crippen LogP contribution in [0.1, 0.15) is 26.7 Å². The van der Waals surface area contributed by atoms with Gasteiger partial charge in [-0.2, -0.15) is 5.26 Å². The number of hydrogen-bond donors (Lipinski definition) is 0. The van der Waals surface area contributed by atoms with Crippen molar-refractivity contribution in [2.45, 2.75) is 37.1 Å². The van der Waals surface area contributed by atoms with Gasteiger partial charge < -0.3 is 0 Å². The Balaban J connectivity index is 2.12. The van der Waals surface area contributed by atoms with E-state index in [2.05, 4.69) is 24.7 Å². The first-order valence-electron chi connectivity index (χ1n) is 7.17. The van der Waals surface area contributed by atoms with Gasteiger partial charge in [0, 0.05) is 14.8 Å². The molecule has 2 nitrogen and oxygen atoms in total. The fourth-order valence-electron chi connectivity index (χ4n) is 2.13. The van der Waals surface area contributed by atoms with Crippen LogP contribution in [0.15, 0.2) is 44.5 Å². The van der Waals surface area contributed by atoms with Gasteiger partial charge in [-0.25, -0.2) is 0 Å². The molecular formula is C16H17ClN2S4. The van der Waals surface area contributed by atoms with Crippen molar-refractivity contribution < 1.29 is 0 Å². The summed E-state index contributed by atoms with van der Waals surface area (Å²) in [5, 5.41) is 14.4. The first-order valence-corrected chi connectivity index (χ1v) is 11.2. The number of hydrogen-bond acceptors (Lipinski definition) is 6. The maximum atomic E-state index is 8.65. The molecule has 0 unspecified atom stereocenters. The fraction of sp³-hybridized carbons (Fsp3) is 0.375. The van der Waals surface area contributed by atoms with Crippen molar-refractivity contribution in [1.29, 1.82) is 5.26 Å². The van der Waals surface area contributed by atoms with Crippen molar-refractivity contribution in [2.24, 2.45) is 4.99 Å². The lowest BCUT2D eigenvalue weighted by Gasteiger charge is -2.23. The first kappa shape index (κ1) is 19.1. The molecule has 1 aliphatic heterocycles. The molecule has 7 heteroatoms. The van der Waals surface area contributed by atoms with Gasteiger partial charge in [-0.1, -0.05) is 60.7 Å². The molecule has 0 aliphatic carbocycles. The zero-order chi connectivity index (χ0) is 16.7. The Morgan fingerprint density at radius 3 is 2.61 bits per heavy atom. The average Bonchev–Trinajstić information content (AvgIpc) is 2.93. The van der Waals surface area contributed by atoms with Crippen molar-refractivity contribution in [3.63, 3.8) is 0 Å². The van der Waals surface area contributed by atoms with E-state index < -0.39 is 0 Å².